The molecule has 45 heavy (non-hydrogen) atoms. The van der Waals surface area contributed by atoms with Crippen LogP contribution in [-0.4, -0.2) is 33.5 Å². The summed E-state index contributed by atoms with van der Waals surface area (Å²) < 4.78 is 15.3. The molecule has 4 aromatic rings. The van der Waals surface area contributed by atoms with Crippen LogP contribution in [0, 0.1) is 17.8 Å². The number of benzene rings is 3. The highest BCUT2D eigenvalue weighted by atomic mass is 32.2. The zero-order chi connectivity index (χ0) is 30.4. The van der Waals surface area contributed by atoms with Gasteiger partial charge in [0.05, 0.1) is 29.0 Å². The predicted molar refractivity (Wildman–Crippen MR) is 178 cm³/mol. The monoisotopic (exact) mass is 641 g/mol. The predicted octanol–water partition coefficient (Wildman–Crippen LogP) is 8.22. The Bertz CT molecular complexity index is 1590. The maximum absolute atomic E-state index is 13.1. The summed E-state index contributed by atoms with van der Waals surface area (Å²) in [5.74, 6) is 3.11. The van der Waals surface area contributed by atoms with Gasteiger partial charge in [0.15, 0.2) is 10.6 Å². The van der Waals surface area contributed by atoms with Crippen molar-refractivity contribution >= 4 is 45.0 Å². The molecule has 1 aliphatic heterocycles. The van der Waals surface area contributed by atoms with Crippen LogP contribution in [0.4, 0.5) is 10.5 Å². The molecule has 2 heterocycles. The summed E-state index contributed by atoms with van der Waals surface area (Å²) in [6, 6.07) is 23.9. The summed E-state index contributed by atoms with van der Waals surface area (Å²) >= 11 is 3.43. The van der Waals surface area contributed by atoms with Gasteiger partial charge in [0.1, 0.15) is 0 Å². The fraction of sp³-hybridized carbons (Fsp3) is 0.444. The zero-order valence-corrected chi connectivity index (χ0v) is 26.8. The normalized spacial score (nSPS) is 30.4. The molecule has 3 aromatic carbocycles. The number of rotatable bonds is 8. The SMILES string of the molecule is O=C(Nc1ccc([C@@H]2O[C@H](CSc3nc4ccccc4s3)C[C@H](c3ccc(CO)cc3)O2)cc1)NC12CC3CC(CC(C3)C1)C2. The average molecular weight is 642 g/mol. The van der Waals surface area contributed by atoms with E-state index in [0.29, 0.717) is 0 Å². The van der Waals surface area contributed by atoms with Gasteiger partial charge in [0, 0.05) is 29.0 Å². The number of amides is 2. The number of aliphatic hydroxyl groups is 1. The van der Waals surface area contributed by atoms with Crippen molar-refractivity contribution in [3.05, 3.63) is 89.5 Å². The summed E-state index contributed by atoms with van der Waals surface area (Å²) in [6.45, 7) is 0.0138. The zero-order valence-electron chi connectivity index (χ0n) is 25.2. The van der Waals surface area contributed by atoms with Crippen molar-refractivity contribution < 1.29 is 19.4 Å². The second-order valence-electron chi connectivity index (χ2n) is 13.5. The van der Waals surface area contributed by atoms with Gasteiger partial charge < -0.3 is 25.2 Å². The van der Waals surface area contributed by atoms with Gasteiger partial charge >= 0.3 is 6.03 Å². The molecule has 9 rings (SSSR count). The van der Waals surface area contributed by atoms with Crippen LogP contribution in [0.25, 0.3) is 10.2 Å². The maximum atomic E-state index is 13.1. The van der Waals surface area contributed by atoms with Crippen LogP contribution in [0.2, 0.25) is 0 Å². The van der Waals surface area contributed by atoms with E-state index in [0.717, 1.165) is 81.4 Å². The Labute approximate surface area is 272 Å². The molecule has 9 heteroatoms. The average Bonchev–Trinajstić information content (AvgIpc) is 3.46. The Morgan fingerprint density at radius 2 is 1.58 bits per heavy atom. The lowest BCUT2D eigenvalue weighted by Gasteiger charge is -2.56. The van der Waals surface area contributed by atoms with Crippen LogP contribution in [-0.2, 0) is 16.1 Å². The van der Waals surface area contributed by atoms with E-state index in [1.165, 1.54) is 24.0 Å². The number of urea groups is 1. The largest absolute Gasteiger partial charge is 0.392 e. The molecule has 4 saturated carbocycles. The van der Waals surface area contributed by atoms with Crippen LogP contribution in [0.1, 0.15) is 74.0 Å². The number of carbonyl (C=O) groups excluding carboxylic acids is 1. The Kier molecular flexibility index (Phi) is 8.08. The lowest BCUT2D eigenvalue weighted by atomic mass is 9.53. The summed E-state index contributed by atoms with van der Waals surface area (Å²) in [7, 11) is 0. The van der Waals surface area contributed by atoms with E-state index in [-0.39, 0.29) is 30.4 Å². The fourth-order valence-electron chi connectivity index (χ4n) is 8.49. The number of anilines is 1. The van der Waals surface area contributed by atoms with E-state index in [2.05, 4.69) is 16.7 Å². The fourth-order valence-corrected chi connectivity index (χ4v) is 10.6. The molecular weight excluding hydrogens is 603 g/mol. The molecule has 5 aliphatic rings. The quantitative estimate of drug-likeness (QED) is 0.168. The van der Waals surface area contributed by atoms with Gasteiger partial charge in [-0.25, -0.2) is 9.78 Å². The number of fused-ring (bicyclic) bond motifs is 1. The molecule has 2 amide bonds. The van der Waals surface area contributed by atoms with Crippen LogP contribution < -0.4 is 10.6 Å². The first-order valence-electron chi connectivity index (χ1n) is 16.2. The molecule has 5 fully saturated rings. The minimum atomic E-state index is -0.544. The van der Waals surface area contributed by atoms with Gasteiger partial charge in [-0.2, -0.15) is 0 Å². The van der Waals surface area contributed by atoms with E-state index >= 15 is 0 Å². The van der Waals surface area contributed by atoms with Crippen LogP contribution >= 0.6 is 23.1 Å². The van der Waals surface area contributed by atoms with Crippen LogP contribution in [0.3, 0.4) is 0 Å². The highest BCUT2D eigenvalue weighted by Crippen LogP contribution is 2.55. The molecule has 7 nitrogen and oxygen atoms in total. The number of ether oxygens (including phenoxy) is 2. The molecule has 234 valence electrons. The second kappa shape index (κ2) is 12.3. The molecule has 1 saturated heterocycles. The first kappa shape index (κ1) is 29.5. The van der Waals surface area contributed by atoms with Gasteiger partial charge in [-0.1, -0.05) is 60.3 Å². The van der Waals surface area contributed by atoms with E-state index < -0.39 is 6.29 Å². The first-order valence-corrected chi connectivity index (χ1v) is 18.0. The third kappa shape index (κ3) is 6.38. The Balaban J connectivity index is 0.947. The lowest BCUT2D eigenvalue weighted by Crippen LogP contribution is -2.60. The highest BCUT2D eigenvalue weighted by molar-refractivity contribution is 8.01. The molecule has 4 aliphatic carbocycles. The topological polar surface area (TPSA) is 92.7 Å². The first-order chi connectivity index (χ1) is 22.0. The molecule has 1 aromatic heterocycles. The van der Waals surface area contributed by atoms with Gasteiger partial charge in [-0.3, -0.25) is 0 Å². The number of hydrogen-bond acceptors (Lipinski definition) is 7. The smallest absolute Gasteiger partial charge is 0.319 e. The Hall–Kier alpha value is -2.95. The molecular formula is C36H39N3O4S2. The van der Waals surface area contributed by atoms with Crippen molar-refractivity contribution in [2.45, 2.75) is 79.9 Å². The molecule has 0 radical (unpaired) electrons. The number of thioether (sulfide) groups is 1. The van der Waals surface area contributed by atoms with Crippen molar-refractivity contribution in [3.8, 4) is 0 Å². The third-order valence-corrected chi connectivity index (χ3v) is 12.5. The molecule has 3 atom stereocenters. The number of para-hydroxylation sites is 1. The minimum Gasteiger partial charge on any atom is -0.392 e. The van der Waals surface area contributed by atoms with Crippen molar-refractivity contribution in [2.75, 3.05) is 11.1 Å². The molecule has 4 bridgehead atoms. The van der Waals surface area contributed by atoms with Crippen molar-refractivity contribution in [3.63, 3.8) is 0 Å². The number of hydrogen-bond donors (Lipinski definition) is 3. The van der Waals surface area contributed by atoms with Crippen LogP contribution in [0.5, 0.6) is 0 Å². The van der Waals surface area contributed by atoms with E-state index in [1.54, 1.807) is 23.1 Å². The summed E-state index contributed by atoms with van der Waals surface area (Å²) in [5, 5.41) is 16.0. The van der Waals surface area contributed by atoms with Gasteiger partial charge in [0.25, 0.3) is 0 Å². The molecule has 3 N–H and O–H groups in total. The summed E-state index contributed by atoms with van der Waals surface area (Å²) in [4.78, 5) is 17.9. The molecule has 0 spiro atoms. The van der Waals surface area contributed by atoms with Gasteiger partial charge in [-0.15, -0.1) is 11.3 Å². The van der Waals surface area contributed by atoms with E-state index in [1.807, 2.05) is 66.7 Å². The number of aliphatic hydroxyl groups excluding tert-OH is 1. The van der Waals surface area contributed by atoms with Crippen molar-refractivity contribution in [1.29, 1.82) is 0 Å². The van der Waals surface area contributed by atoms with Gasteiger partial charge in [0.2, 0.25) is 0 Å². The van der Waals surface area contributed by atoms with Gasteiger partial charge in [-0.05, 0) is 91.7 Å². The second-order valence-corrected chi connectivity index (χ2v) is 15.8. The Morgan fingerprint density at radius 3 is 2.27 bits per heavy atom. The van der Waals surface area contributed by atoms with E-state index in [9.17, 15) is 9.90 Å². The lowest BCUT2D eigenvalue weighted by molar-refractivity contribution is -0.245. The number of nitrogens with one attached hydrogen (secondary N) is 2. The van der Waals surface area contributed by atoms with Crippen molar-refractivity contribution in [2.24, 2.45) is 17.8 Å². The number of nitrogens with zero attached hydrogens (tertiary/aromatic N) is 1. The van der Waals surface area contributed by atoms with E-state index in [4.69, 9.17) is 14.5 Å². The third-order valence-electron chi connectivity index (χ3n) is 10.1. The summed E-state index contributed by atoms with van der Waals surface area (Å²) in [6.07, 6.45) is 7.42. The maximum Gasteiger partial charge on any atom is 0.319 e. The van der Waals surface area contributed by atoms with Crippen LogP contribution in [0.15, 0.2) is 77.1 Å². The summed E-state index contributed by atoms with van der Waals surface area (Å²) in [5.41, 5.74) is 4.61. The molecule has 0 unspecified atom stereocenters. The highest BCUT2D eigenvalue weighted by Gasteiger charge is 2.51. The number of aromatic nitrogens is 1. The number of carbonyl (C=O) groups is 1. The number of thiazole rings is 1. The minimum absolute atomic E-state index is 0.0138. The Morgan fingerprint density at radius 1 is 0.889 bits per heavy atom. The standard InChI is InChI=1S/C36H39N3O4S2/c40-20-22-5-7-26(8-6-22)31-16-29(21-44-35-38-30-3-1-2-4-32(30)45-35)42-33(43-31)27-9-11-28(12-10-27)37-34(41)39-36-17-23-13-24(18-36)15-25(14-23)19-36/h1-12,23-25,29,31,33,40H,13-21H2,(H2,37,39,41)/t23?,24?,25?,29-,31+,33+,36?/m0/s1. The van der Waals surface area contributed by atoms with Crippen molar-refractivity contribution in [1.82, 2.24) is 10.3 Å².